The van der Waals surface area contributed by atoms with E-state index in [0.29, 0.717) is 0 Å². The second-order valence-electron chi connectivity index (χ2n) is 3.77. The summed E-state index contributed by atoms with van der Waals surface area (Å²) in [6.45, 7) is 2.11. The van der Waals surface area contributed by atoms with E-state index in [1.165, 1.54) is 3.57 Å². The molecular weight excluding hydrogens is 452 g/mol. The summed E-state index contributed by atoms with van der Waals surface area (Å²) in [5.74, 6) is 1.68. The van der Waals surface area contributed by atoms with Crippen LogP contribution in [0.4, 0.5) is 5.82 Å². The Morgan fingerprint density at radius 2 is 1.78 bits per heavy atom. The van der Waals surface area contributed by atoms with E-state index in [0.717, 1.165) is 32.9 Å². The van der Waals surface area contributed by atoms with E-state index in [1.54, 1.807) is 0 Å². The molecule has 3 nitrogen and oxygen atoms in total. The van der Waals surface area contributed by atoms with Gasteiger partial charge in [0, 0.05) is 16.2 Å². The number of nitrogens with one attached hydrogen (secondary N) is 1. The van der Waals surface area contributed by atoms with Crippen molar-refractivity contribution in [3.8, 4) is 11.4 Å². The molecule has 0 amide bonds. The molecule has 0 aliphatic heterocycles. The summed E-state index contributed by atoms with van der Waals surface area (Å²) < 4.78 is 2.32. The Morgan fingerprint density at radius 1 is 1.11 bits per heavy atom. The van der Waals surface area contributed by atoms with Crippen molar-refractivity contribution >= 4 is 51.0 Å². The van der Waals surface area contributed by atoms with Crippen LogP contribution in [0.3, 0.4) is 0 Å². The van der Waals surface area contributed by atoms with E-state index >= 15 is 0 Å². The van der Waals surface area contributed by atoms with Crippen LogP contribution in [0.5, 0.6) is 0 Å². The first kappa shape index (κ1) is 14.0. The van der Waals surface area contributed by atoms with E-state index in [4.69, 9.17) is 0 Å². The van der Waals surface area contributed by atoms with Crippen molar-refractivity contribution in [3.63, 3.8) is 0 Å². The van der Waals surface area contributed by atoms with Gasteiger partial charge in [-0.15, -0.1) is 0 Å². The molecule has 0 unspecified atom stereocenters. The predicted octanol–water partition coefficient (Wildman–Crippen LogP) is 3.96. The Labute approximate surface area is 134 Å². The second-order valence-corrected chi connectivity index (χ2v) is 6.09. The van der Waals surface area contributed by atoms with E-state index < -0.39 is 0 Å². The second kappa shape index (κ2) is 6.14. The molecule has 0 aliphatic rings. The highest BCUT2D eigenvalue weighted by Crippen LogP contribution is 2.24. The van der Waals surface area contributed by atoms with Crippen molar-refractivity contribution in [1.29, 1.82) is 0 Å². The smallest absolute Gasteiger partial charge is 0.161 e. The van der Waals surface area contributed by atoms with Crippen molar-refractivity contribution in [2.45, 2.75) is 13.3 Å². The summed E-state index contributed by atoms with van der Waals surface area (Å²) in [5.41, 5.74) is 2.14. The van der Waals surface area contributed by atoms with Crippen molar-refractivity contribution in [1.82, 2.24) is 9.97 Å². The number of benzene rings is 1. The van der Waals surface area contributed by atoms with Gasteiger partial charge >= 0.3 is 0 Å². The molecule has 0 radical (unpaired) electrons. The highest BCUT2D eigenvalue weighted by atomic mass is 127. The zero-order valence-electron chi connectivity index (χ0n) is 10.2. The molecule has 18 heavy (non-hydrogen) atoms. The third kappa shape index (κ3) is 2.93. The zero-order chi connectivity index (χ0) is 13.1. The maximum atomic E-state index is 4.64. The van der Waals surface area contributed by atoms with Gasteiger partial charge in [-0.05, 0) is 63.7 Å². The number of nitrogens with zero attached hydrogens (tertiary/aromatic N) is 2. The summed E-state index contributed by atoms with van der Waals surface area (Å²) in [5, 5.41) is 3.13. The minimum atomic E-state index is 0.785. The van der Waals surface area contributed by atoms with Crippen molar-refractivity contribution in [2.24, 2.45) is 0 Å². The molecule has 94 valence electrons. The van der Waals surface area contributed by atoms with E-state index in [-0.39, 0.29) is 0 Å². The first-order valence-electron chi connectivity index (χ1n) is 5.65. The van der Waals surface area contributed by atoms with Crippen LogP contribution in [0.25, 0.3) is 11.4 Å². The fourth-order valence-electron chi connectivity index (χ4n) is 1.62. The van der Waals surface area contributed by atoms with Gasteiger partial charge in [0.15, 0.2) is 5.82 Å². The number of aryl methyl sites for hydroxylation is 1. The predicted molar refractivity (Wildman–Crippen MR) is 91.8 cm³/mol. The Hall–Kier alpha value is -0.440. The van der Waals surface area contributed by atoms with Gasteiger partial charge in [-0.25, -0.2) is 9.97 Å². The highest BCUT2D eigenvalue weighted by Gasteiger charge is 2.11. The SMILES string of the molecule is CCc1nc(-c2ccc(I)cc2)nc(NC)c1I. The van der Waals surface area contributed by atoms with E-state index in [9.17, 15) is 0 Å². The molecule has 1 N–H and O–H groups in total. The summed E-state index contributed by atoms with van der Waals surface area (Å²) in [6.07, 6.45) is 0.910. The lowest BCUT2D eigenvalue weighted by atomic mass is 10.2. The van der Waals surface area contributed by atoms with Crippen LogP contribution in [0, 0.1) is 7.14 Å². The molecule has 0 atom stereocenters. The lowest BCUT2D eigenvalue weighted by Gasteiger charge is -2.10. The van der Waals surface area contributed by atoms with E-state index in [2.05, 4.69) is 91.7 Å². The molecule has 5 heteroatoms. The van der Waals surface area contributed by atoms with Crippen molar-refractivity contribution in [2.75, 3.05) is 12.4 Å². The fourth-order valence-corrected chi connectivity index (χ4v) is 2.87. The Balaban J connectivity index is 2.54. The van der Waals surface area contributed by atoms with Crippen LogP contribution in [0.1, 0.15) is 12.6 Å². The van der Waals surface area contributed by atoms with Gasteiger partial charge in [-0.3, -0.25) is 0 Å². The van der Waals surface area contributed by atoms with Crippen molar-refractivity contribution < 1.29 is 0 Å². The van der Waals surface area contributed by atoms with Crippen LogP contribution in [-0.4, -0.2) is 17.0 Å². The Morgan fingerprint density at radius 3 is 2.33 bits per heavy atom. The van der Waals surface area contributed by atoms with Gasteiger partial charge in [0.2, 0.25) is 0 Å². The van der Waals surface area contributed by atoms with Gasteiger partial charge in [0.25, 0.3) is 0 Å². The molecule has 0 saturated carbocycles. The van der Waals surface area contributed by atoms with Gasteiger partial charge in [0.05, 0.1) is 9.26 Å². The quantitative estimate of drug-likeness (QED) is 0.699. The van der Waals surface area contributed by atoms with Gasteiger partial charge in [-0.1, -0.05) is 19.1 Å². The largest absolute Gasteiger partial charge is 0.372 e. The summed E-state index contributed by atoms with van der Waals surface area (Å²) >= 11 is 4.59. The van der Waals surface area contributed by atoms with Gasteiger partial charge < -0.3 is 5.32 Å². The highest BCUT2D eigenvalue weighted by molar-refractivity contribution is 14.1. The number of halogens is 2. The molecule has 0 aliphatic carbocycles. The van der Waals surface area contributed by atoms with Crippen LogP contribution in [-0.2, 0) is 6.42 Å². The number of anilines is 1. The third-order valence-corrected chi connectivity index (χ3v) is 4.45. The molecule has 1 aromatic carbocycles. The van der Waals surface area contributed by atoms with Gasteiger partial charge in [-0.2, -0.15) is 0 Å². The molecule has 2 rings (SSSR count). The maximum Gasteiger partial charge on any atom is 0.161 e. The number of hydrogen-bond acceptors (Lipinski definition) is 3. The standard InChI is InChI=1S/C13H13I2N3/c1-3-10-11(15)13(16-2)18-12(17-10)8-4-6-9(14)7-5-8/h4-7H,3H2,1-2H3,(H,16,17,18). The zero-order valence-corrected chi connectivity index (χ0v) is 14.5. The number of hydrogen-bond donors (Lipinski definition) is 1. The van der Waals surface area contributed by atoms with Crippen molar-refractivity contribution in [3.05, 3.63) is 37.1 Å². The topological polar surface area (TPSA) is 37.8 Å². The van der Waals surface area contributed by atoms with Crippen LogP contribution < -0.4 is 5.32 Å². The Kier molecular flexibility index (Phi) is 4.77. The first-order valence-corrected chi connectivity index (χ1v) is 7.81. The summed E-state index contributed by atoms with van der Waals surface area (Å²) in [7, 11) is 1.89. The molecule has 0 spiro atoms. The molecule has 0 saturated heterocycles. The first-order chi connectivity index (χ1) is 8.65. The molecule has 1 heterocycles. The summed E-state index contributed by atoms with van der Waals surface area (Å²) in [6, 6.07) is 8.26. The Bertz CT molecular complexity index is 528. The molecular formula is C13H13I2N3. The monoisotopic (exact) mass is 465 g/mol. The lowest BCUT2D eigenvalue weighted by molar-refractivity contribution is 0.990. The average Bonchev–Trinajstić information content (AvgIpc) is 2.40. The maximum absolute atomic E-state index is 4.64. The third-order valence-electron chi connectivity index (χ3n) is 2.59. The molecule has 2 aromatic rings. The lowest BCUT2D eigenvalue weighted by Crippen LogP contribution is -2.04. The van der Waals surface area contributed by atoms with Crippen LogP contribution >= 0.6 is 45.2 Å². The van der Waals surface area contributed by atoms with Crippen LogP contribution in [0.2, 0.25) is 0 Å². The minimum Gasteiger partial charge on any atom is -0.372 e. The molecule has 0 bridgehead atoms. The normalized spacial score (nSPS) is 10.4. The summed E-state index contributed by atoms with van der Waals surface area (Å²) in [4.78, 5) is 9.21. The molecule has 1 aromatic heterocycles. The number of aromatic nitrogens is 2. The molecule has 0 fully saturated rings. The van der Waals surface area contributed by atoms with E-state index in [1.807, 2.05) is 7.05 Å². The fraction of sp³-hybridized carbons (Fsp3) is 0.231. The minimum absolute atomic E-state index is 0.785. The van der Waals surface area contributed by atoms with Crippen LogP contribution in [0.15, 0.2) is 24.3 Å². The average molecular weight is 465 g/mol. The van der Waals surface area contributed by atoms with Gasteiger partial charge in [0.1, 0.15) is 5.82 Å². The number of rotatable bonds is 3.